The van der Waals surface area contributed by atoms with Crippen LogP contribution in [0.4, 0.5) is 27.8 Å². The minimum absolute atomic E-state index is 0.0248. The Bertz CT molecular complexity index is 2810. The minimum atomic E-state index is -4.96. The van der Waals surface area contributed by atoms with Crippen molar-refractivity contribution in [3.63, 3.8) is 0 Å². The van der Waals surface area contributed by atoms with Crippen molar-refractivity contribution in [3.05, 3.63) is 148 Å². The summed E-state index contributed by atoms with van der Waals surface area (Å²) in [5.41, 5.74) is 0.363. The van der Waals surface area contributed by atoms with Crippen LogP contribution in [0.2, 0.25) is 0 Å². The number of halogens is 5. The molecule has 5 aliphatic heterocycles. The Hall–Kier alpha value is -6.72. The Morgan fingerprint density at radius 1 is 0.841 bits per heavy atom. The molecule has 2 fully saturated rings. The van der Waals surface area contributed by atoms with Crippen molar-refractivity contribution in [1.82, 2.24) is 14.5 Å². The van der Waals surface area contributed by atoms with E-state index in [2.05, 4.69) is 15.0 Å². The van der Waals surface area contributed by atoms with E-state index in [-0.39, 0.29) is 81.0 Å². The zero-order valence-electron chi connectivity index (χ0n) is 38.6. The molecule has 0 unspecified atom stereocenters. The third-order valence-corrected chi connectivity index (χ3v) is 13.7. The maximum absolute atomic E-state index is 17.8. The first-order chi connectivity index (χ1) is 33.3. The van der Waals surface area contributed by atoms with E-state index < -0.39 is 46.6 Å². The monoisotopic (exact) mass is 950 g/mol. The molecule has 0 spiro atoms. The fourth-order valence-electron chi connectivity index (χ4n) is 10.3. The van der Waals surface area contributed by atoms with Gasteiger partial charge in [-0.25, -0.2) is 14.4 Å². The quantitative estimate of drug-likeness (QED) is 0.0750. The molecule has 10 rings (SSSR count). The van der Waals surface area contributed by atoms with E-state index in [0.717, 1.165) is 23.1 Å². The van der Waals surface area contributed by atoms with Crippen molar-refractivity contribution >= 4 is 28.6 Å². The number of rotatable bonds is 15. The second kappa shape index (κ2) is 18.6. The highest BCUT2D eigenvalue weighted by atomic mass is 19.4. The summed E-state index contributed by atoms with van der Waals surface area (Å²) < 4.78 is 110. The van der Waals surface area contributed by atoms with Gasteiger partial charge in [-0.05, 0) is 102 Å². The Morgan fingerprint density at radius 2 is 1.48 bits per heavy atom. The summed E-state index contributed by atoms with van der Waals surface area (Å²) in [6.45, 7) is 3.50. The van der Waals surface area contributed by atoms with Crippen molar-refractivity contribution in [3.8, 4) is 17.2 Å². The molecular weight excluding hydrogens is 900 g/mol. The molecule has 69 heavy (non-hydrogen) atoms. The number of nitrogens with zero attached hydrogens (tertiary/aromatic N) is 6. The number of hydrogen-bond donors (Lipinski definition) is 0. The highest BCUT2D eigenvalue weighted by Crippen LogP contribution is 2.48. The molecule has 0 N–H and O–H groups in total. The molecule has 0 aliphatic carbocycles. The fourth-order valence-corrected chi connectivity index (χ4v) is 10.3. The van der Waals surface area contributed by atoms with Crippen molar-refractivity contribution in [2.24, 2.45) is 16.1 Å². The van der Waals surface area contributed by atoms with E-state index in [1.54, 1.807) is 57.9 Å². The van der Waals surface area contributed by atoms with Crippen LogP contribution in [0.1, 0.15) is 64.0 Å². The zero-order valence-corrected chi connectivity index (χ0v) is 38.6. The Kier molecular flexibility index (Phi) is 12.4. The van der Waals surface area contributed by atoms with Gasteiger partial charge >= 0.3 is 6.18 Å². The summed E-state index contributed by atoms with van der Waals surface area (Å²) in [6, 6.07) is 25.1. The third-order valence-electron chi connectivity index (χ3n) is 13.7. The van der Waals surface area contributed by atoms with Crippen molar-refractivity contribution < 1.29 is 50.5 Å². The van der Waals surface area contributed by atoms with Crippen molar-refractivity contribution in [2.75, 3.05) is 52.5 Å². The number of pyridine rings is 1. The first-order valence-corrected chi connectivity index (χ1v) is 22.9. The average Bonchev–Trinajstić information content (AvgIpc) is 4.00. The summed E-state index contributed by atoms with van der Waals surface area (Å²) in [5.74, 6) is 0.614. The number of ether oxygens (including phenoxy) is 5. The summed E-state index contributed by atoms with van der Waals surface area (Å²) in [6.07, 6.45) is -2.47. The molecule has 0 bridgehead atoms. The van der Waals surface area contributed by atoms with Crippen LogP contribution in [0, 0.1) is 12.8 Å². The van der Waals surface area contributed by atoms with Gasteiger partial charge < -0.3 is 38.0 Å². The number of methoxy groups -OCH3 is 3. The number of benzene rings is 3. The molecular formula is C52H51F5N6O6. The number of alkyl halides is 4. The van der Waals surface area contributed by atoms with Gasteiger partial charge in [0.15, 0.2) is 5.76 Å². The number of oxime groups is 1. The van der Waals surface area contributed by atoms with Crippen molar-refractivity contribution in [1.29, 1.82) is 0 Å². The highest BCUT2D eigenvalue weighted by Gasteiger charge is 2.51. The SMILES string of the molecule is COc1ccc(COC[C@@H]2Cn3ccc4c3C3=C2ON=C(OC[C@@]25CCCN2C[C@H](F)C5)C3=NC(F)=C4c2nc(N(Cc3ccc(OC)cc3)Cc3ccc(OC)cc3)cc(C)c2C(F)(F)F)cc1. The third kappa shape index (κ3) is 8.93. The Balaban J connectivity index is 1.08. The van der Waals surface area contributed by atoms with Crippen LogP contribution in [0.25, 0.3) is 11.1 Å². The van der Waals surface area contributed by atoms with Crippen LogP contribution >= 0.6 is 0 Å². The standard InChI is InChI=1S/C52H51F5N6O6/c1-31-22-41(62(24-32-6-12-37(64-2)13-7-32)25-33-8-14-38(65-3)15-9-33)58-45(44(31)52(55,56)57)42-40-18-21-61-26-35(29-67-28-34-10-16-39(66-4)17-11-34)48-43(47(40)61)46(59-49(42)54)50(60-69-48)68-30-51-19-5-20-63(51)27-36(53)23-51/h6-18,21-22,35-36H,5,19-20,23-30H2,1-4H3/t35-,36+,51-/m0/s1. The van der Waals surface area contributed by atoms with E-state index in [4.69, 9.17) is 33.5 Å². The number of fused-ring (bicyclic) bond motifs is 1. The van der Waals surface area contributed by atoms with Gasteiger partial charge in [0.2, 0.25) is 5.95 Å². The van der Waals surface area contributed by atoms with Crippen LogP contribution in [0.5, 0.6) is 17.2 Å². The molecule has 360 valence electrons. The maximum atomic E-state index is 17.8. The lowest BCUT2D eigenvalue weighted by Gasteiger charge is -2.34. The largest absolute Gasteiger partial charge is 0.497 e. The lowest BCUT2D eigenvalue weighted by atomic mass is 9.89. The molecule has 0 saturated carbocycles. The summed E-state index contributed by atoms with van der Waals surface area (Å²) in [4.78, 5) is 19.4. The van der Waals surface area contributed by atoms with E-state index in [1.165, 1.54) is 13.0 Å². The van der Waals surface area contributed by atoms with Gasteiger partial charge in [-0.3, -0.25) is 4.90 Å². The normalized spacial score (nSPS) is 20.7. The first-order valence-electron chi connectivity index (χ1n) is 22.9. The van der Waals surface area contributed by atoms with E-state index >= 15 is 17.6 Å². The minimum Gasteiger partial charge on any atom is -0.497 e. The summed E-state index contributed by atoms with van der Waals surface area (Å²) in [7, 11) is 4.72. The lowest BCUT2D eigenvalue weighted by molar-refractivity contribution is -0.138. The van der Waals surface area contributed by atoms with Crippen LogP contribution in [0.3, 0.4) is 0 Å². The molecule has 0 amide bonds. The van der Waals surface area contributed by atoms with Gasteiger partial charge in [0.1, 0.15) is 41.6 Å². The number of aromatic nitrogens is 2. The molecule has 0 radical (unpaired) electrons. The van der Waals surface area contributed by atoms with Crippen LogP contribution in [0.15, 0.2) is 113 Å². The fraction of sp³-hybridized carbons (Fsp3) is 0.365. The van der Waals surface area contributed by atoms with Crippen LogP contribution in [-0.2, 0) is 46.7 Å². The van der Waals surface area contributed by atoms with Gasteiger partial charge in [0.05, 0.1) is 74.1 Å². The number of aryl methyl sites for hydroxylation is 1. The predicted octanol–water partition coefficient (Wildman–Crippen LogP) is 10.1. The van der Waals surface area contributed by atoms with Crippen LogP contribution in [-0.4, -0.2) is 85.4 Å². The molecule has 17 heteroatoms. The molecule has 2 saturated heterocycles. The zero-order chi connectivity index (χ0) is 48.0. The van der Waals surface area contributed by atoms with E-state index in [1.807, 2.05) is 58.0 Å². The van der Waals surface area contributed by atoms with Crippen LogP contribution < -0.4 is 19.1 Å². The van der Waals surface area contributed by atoms with Gasteiger partial charge in [-0.1, -0.05) is 36.4 Å². The molecule has 5 aliphatic rings. The molecule has 7 heterocycles. The number of anilines is 1. The first kappa shape index (κ1) is 46.0. The maximum Gasteiger partial charge on any atom is 0.418 e. The molecule has 5 aromatic rings. The van der Waals surface area contributed by atoms with Gasteiger partial charge in [0, 0.05) is 44.4 Å². The van der Waals surface area contributed by atoms with E-state index in [0.29, 0.717) is 47.2 Å². The molecule has 12 nitrogen and oxygen atoms in total. The molecule has 3 atom stereocenters. The Labute approximate surface area is 396 Å². The average molecular weight is 951 g/mol. The number of hydrogen-bond acceptors (Lipinski definition) is 11. The second-order valence-electron chi connectivity index (χ2n) is 18.1. The predicted molar refractivity (Wildman–Crippen MR) is 249 cm³/mol. The lowest BCUT2D eigenvalue weighted by Crippen LogP contribution is -2.44. The van der Waals surface area contributed by atoms with Gasteiger partial charge in [0.25, 0.3) is 5.90 Å². The topological polar surface area (TPSA) is 104 Å². The summed E-state index contributed by atoms with van der Waals surface area (Å²) in [5, 5.41) is 4.37. The van der Waals surface area contributed by atoms with Gasteiger partial charge in [-0.2, -0.15) is 17.6 Å². The summed E-state index contributed by atoms with van der Waals surface area (Å²) >= 11 is 0. The highest BCUT2D eigenvalue weighted by molar-refractivity contribution is 6.57. The molecule has 3 aromatic carbocycles. The number of aliphatic imine (C=N–C) groups is 1. The van der Waals surface area contributed by atoms with Gasteiger partial charge in [-0.15, -0.1) is 0 Å². The van der Waals surface area contributed by atoms with E-state index in [9.17, 15) is 4.39 Å². The second-order valence-corrected chi connectivity index (χ2v) is 18.1. The van der Waals surface area contributed by atoms with Crippen molar-refractivity contribution in [2.45, 2.75) is 70.3 Å². The molecule has 2 aromatic heterocycles. The smallest absolute Gasteiger partial charge is 0.418 e. The Morgan fingerprint density at radius 3 is 2.10 bits per heavy atom.